The third-order valence-corrected chi connectivity index (χ3v) is 3.80. The summed E-state index contributed by atoms with van der Waals surface area (Å²) in [6.45, 7) is 11.4. The SMILES string of the molecule is Cc1cc(C)cc(O[C@H](C)C(=O)Nc2ccccc2C(=O)NC(C)(C)C)c1. The van der Waals surface area contributed by atoms with Gasteiger partial charge in [-0.05, 0) is 76.9 Å². The Balaban J connectivity index is 2.12. The average molecular weight is 368 g/mol. The van der Waals surface area contributed by atoms with Crippen molar-refractivity contribution in [3.05, 3.63) is 59.2 Å². The second-order valence-electron chi connectivity index (χ2n) is 7.82. The van der Waals surface area contributed by atoms with Crippen LogP contribution in [0.1, 0.15) is 49.2 Å². The molecule has 2 amide bonds. The Hall–Kier alpha value is -2.82. The number of hydrogen-bond acceptors (Lipinski definition) is 3. The van der Waals surface area contributed by atoms with E-state index in [0.717, 1.165) is 11.1 Å². The third-order valence-electron chi connectivity index (χ3n) is 3.80. The summed E-state index contributed by atoms with van der Waals surface area (Å²) in [5.74, 6) is 0.0976. The van der Waals surface area contributed by atoms with Gasteiger partial charge in [0.15, 0.2) is 6.10 Å². The highest BCUT2D eigenvalue weighted by Crippen LogP contribution is 2.20. The number of ether oxygens (including phenoxy) is 1. The Bertz CT molecular complexity index is 817. The molecule has 2 N–H and O–H groups in total. The number of carbonyl (C=O) groups is 2. The molecule has 2 aromatic rings. The molecule has 0 fully saturated rings. The summed E-state index contributed by atoms with van der Waals surface area (Å²) in [4.78, 5) is 25.1. The molecule has 0 aliphatic heterocycles. The van der Waals surface area contributed by atoms with Crippen molar-refractivity contribution in [2.45, 2.75) is 53.2 Å². The van der Waals surface area contributed by atoms with Gasteiger partial charge in [-0.25, -0.2) is 0 Å². The van der Waals surface area contributed by atoms with Gasteiger partial charge in [0.2, 0.25) is 0 Å². The topological polar surface area (TPSA) is 67.4 Å². The number of anilines is 1. The van der Waals surface area contributed by atoms with E-state index in [0.29, 0.717) is 17.0 Å². The molecule has 0 spiro atoms. The summed E-state index contributed by atoms with van der Waals surface area (Å²) >= 11 is 0. The lowest BCUT2D eigenvalue weighted by molar-refractivity contribution is -0.122. The lowest BCUT2D eigenvalue weighted by Gasteiger charge is -2.22. The number of rotatable bonds is 5. The molecule has 0 aliphatic carbocycles. The summed E-state index contributed by atoms with van der Waals surface area (Å²) in [5.41, 5.74) is 2.65. The maximum Gasteiger partial charge on any atom is 0.265 e. The van der Waals surface area contributed by atoms with Crippen LogP contribution in [0.2, 0.25) is 0 Å². The molecule has 0 heterocycles. The van der Waals surface area contributed by atoms with Gasteiger partial charge in [-0.15, -0.1) is 0 Å². The van der Waals surface area contributed by atoms with Crippen molar-refractivity contribution in [1.29, 1.82) is 0 Å². The number of nitrogens with one attached hydrogen (secondary N) is 2. The molecule has 2 aromatic carbocycles. The molecule has 1 atom stereocenters. The normalized spacial score (nSPS) is 12.2. The highest BCUT2D eigenvalue weighted by molar-refractivity contribution is 6.04. The van der Waals surface area contributed by atoms with E-state index in [1.165, 1.54) is 0 Å². The van der Waals surface area contributed by atoms with Crippen molar-refractivity contribution < 1.29 is 14.3 Å². The van der Waals surface area contributed by atoms with Gasteiger partial charge in [0, 0.05) is 5.54 Å². The van der Waals surface area contributed by atoms with E-state index in [-0.39, 0.29) is 17.4 Å². The quantitative estimate of drug-likeness (QED) is 0.829. The monoisotopic (exact) mass is 368 g/mol. The van der Waals surface area contributed by atoms with Crippen LogP contribution < -0.4 is 15.4 Å². The van der Waals surface area contributed by atoms with Gasteiger partial charge in [0.1, 0.15) is 5.75 Å². The smallest absolute Gasteiger partial charge is 0.265 e. The Labute approximate surface area is 161 Å². The Morgan fingerprint density at radius 2 is 1.59 bits per heavy atom. The molecular formula is C22H28N2O3. The van der Waals surface area contributed by atoms with Crippen molar-refractivity contribution in [2.24, 2.45) is 0 Å². The molecule has 2 rings (SSSR count). The first-order chi connectivity index (χ1) is 12.5. The number of amides is 2. The zero-order valence-electron chi connectivity index (χ0n) is 16.8. The van der Waals surface area contributed by atoms with Gasteiger partial charge >= 0.3 is 0 Å². The molecule has 5 nitrogen and oxygen atoms in total. The Morgan fingerprint density at radius 1 is 1.00 bits per heavy atom. The van der Waals surface area contributed by atoms with Crippen LogP contribution in [0.4, 0.5) is 5.69 Å². The molecule has 0 saturated heterocycles. The van der Waals surface area contributed by atoms with Crippen LogP contribution in [-0.4, -0.2) is 23.5 Å². The van der Waals surface area contributed by atoms with Crippen molar-refractivity contribution in [2.75, 3.05) is 5.32 Å². The number of aryl methyl sites for hydroxylation is 2. The summed E-state index contributed by atoms with van der Waals surface area (Å²) < 4.78 is 5.78. The molecule has 5 heteroatoms. The molecule has 144 valence electrons. The largest absolute Gasteiger partial charge is 0.481 e. The summed E-state index contributed by atoms with van der Waals surface area (Å²) in [6.07, 6.45) is -0.704. The third kappa shape index (κ3) is 6.13. The molecule has 0 bridgehead atoms. The lowest BCUT2D eigenvalue weighted by atomic mass is 10.1. The van der Waals surface area contributed by atoms with Gasteiger partial charge in [-0.1, -0.05) is 18.2 Å². The zero-order valence-corrected chi connectivity index (χ0v) is 16.8. The minimum atomic E-state index is -0.704. The molecule has 0 aromatic heterocycles. The van der Waals surface area contributed by atoms with E-state index in [4.69, 9.17) is 4.74 Å². The minimum Gasteiger partial charge on any atom is -0.481 e. The maximum absolute atomic E-state index is 12.6. The van der Waals surface area contributed by atoms with Gasteiger partial charge in [0.25, 0.3) is 11.8 Å². The number of para-hydroxylation sites is 1. The fraction of sp³-hybridized carbons (Fsp3) is 0.364. The van der Waals surface area contributed by atoms with Crippen molar-refractivity contribution in [3.8, 4) is 5.75 Å². The molecule has 0 unspecified atom stereocenters. The Morgan fingerprint density at radius 3 is 2.19 bits per heavy atom. The van der Waals surface area contributed by atoms with Gasteiger partial charge < -0.3 is 15.4 Å². The first kappa shape index (κ1) is 20.5. The van der Waals surface area contributed by atoms with Gasteiger partial charge in [0.05, 0.1) is 11.3 Å². The number of benzene rings is 2. The standard InChI is InChI=1S/C22H28N2O3/c1-14-11-15(2)13-17(12-14)27-16(3)20(25)23-19-10-8-7-9-18(19)21(26)24-22(4,5)6/h7-13,16H,1-6H3,(H,23,25)(H,24,26)/t16-/m1/s1. The van der Waals surface area contributed by atoms with Crippen LogP contribution in [-0.2, 0) is 4.79 Å². The minimum absolute atomic E-state index is 0.235. The molecule has 0 radical (unpaired) electrons. The molecular weight excluding hydrogens is 340 g/mol. The van der Waals surface area contributed by atoms with Crippen LogP contribution in [0.25, 0.3) is 0 Å². The molecule has 0 saturated carbocycles. The predicted octanol–water partition coefficient (Wildman–Crippen LogP) is 4.24. The highest BCUT2D eigenvalue weighted by Gasteiger charge is 2.21. The van der Waals surface area contributed by atoms with Crippen LogP contribution in [0.5, 0.6) is 5.75 Å². The van der Waals surface area contributed by atoms with Crippen LogP contribution in [0.15, 0.2) is 42.5 Å². The fourth-order valence-electron chi connectivity index (χ4n) is 2.69. The first-order valence-electron chi connectivity index (χ1n) is 9.02. The van der Waals surface area contributed by atoms with E-state index >= 15 is 0 Å². The predicted molar refractivity (Wildman–Crippen MR) is 108 cm³/mol. The Kier molecular flexibility index (Phi) is 6.26. The first-order valence-corrected chi connectivity index (χ1v) is 9.02. The fourth-order valence-corrected chi connectivity index (χ4v) is 2.69. The molecule has 27 heavy (non-hydrogen) atoms. The van der Waals surface area contributed by atoms with Crippen molar-refractivity contribution in [1.82, 2.24) is 5.32 Å². The van der Waals surface area contributed by atoms with Crippen molar-refractivity contribution >= 4 is 17.5 Å². The van der Waals surface area contributed by atoms with Crippen LogP contribution in [0, 0.1) is 13.8 Å². The maximum atomic E-state index is 12.6. The average Bonchev–Trinajstić information content (AvgIpc) is 2.52. The van der Waals surface area contributed by atoms with E-state index in [1.54, 1.807) is 31.2 Å². The van der Waals surface area contributed by atoms with Crippen molar-refractivity contribution in [3.63, 3.8) is 0 Å². The van der Waals surface area contributed by atoms with Crippen LogP contribution >= 0.6 is 0 Å². The van der Waals surface area contributed by atoms with E-state index in [2.05, 4.69) is 10.6 Å². The number of carbonyl (C=O) groups excluding carboxylic acids is 2. The van der Waals surface area contributed by atoms with E-state index < -0.39 is 6.10 Å². The van der Waals surface area contributed by atoms with E-state index in [9.17, 15) is 9.59 Å². The summed E-state index contributed by atoms with van der Waals surface area (Å²) in [7, 11) is 0. The second kappa shape index (κ2) is 8.25. The molecule has 0 aliphatic rings. The second-order valence-corrected chi connectivity index (χ2v) is 7.82. The number of hydrogen-bond donors (Lipinski definition) is 2. The zero-order chi connectivity index (χ0) is 20.2. The highest BCUT2D eigenvalue weighted by atomic mass is 16.5. The summed E-state index contributed by atoms with van der Waals surface area (Å²) in [6, 6.07) is 12.8. The van der Waals surface area contributed by atoms with E-state index in [1.807, 2.05) is 52.8 Å². The van der Waals surface area contributed by atoms with Gasteiger partial charge in [-0.3, -0.25) is 9.59 Å². The van der Waals surface area contributed by atoms with Gasteiger partial charge in [-0.2, -0.15) is 0 Å². The lowest BCUT2D eigenvalue weighted by Crippen LogP contribution is -2.41. The summed E-state index contributed by atoms with van der Waals surface area (Å²) in [5, 5.41) is 5.71. The van der Waals surface area contributed by atoms with Crippen LogP contribution in [0.3, 0.4) is 0 Å².